The van der Waals surface area contributed by atoms with Gasteiger partial charge in [0.2, 0.25) is 0 Å². The summed E-state index contributed by atoms with van der Waals surface area (Å²) in [7, 11) is -4.63. The summed E-state index contributed by atoms with van der Waals surface area (Å²) in [5, 5.41) is 18.4. The number of phosphoric ester groups is 1. The summed E-state index contributed by atoms with van der Waals surface area (Å²) in [5.41, 5.74) is 0. The van der Waals surface area contributed by atoms with Gasteiger partial charge in [0.1, 0.15) is 12.7 Å². The molecule has 3 atom stereocenters. The predicted octanol–water partition coefficient (Wildman–Crippen LogP) is 13.1. The lowest BCUT2D eigenvalue weighted by Crippen LogP contribution is -2.29. The Bertz CT molecular complexity index is 1080. The van der Waals surface area contributed by atoms with Crippen molar-refractivity contribution in [1.82, 2.24) is 0 Å². The number of aliphatic hydroxyl groups excluding tert-OH is 2. The molecule has 0 heterocycles. The van der Waals surface area contributed by atoms with Crippen LogP contribution in [0.15, 0.2) is 36.5 Å². The van der Waals surface area contributed by atoms with Gasteiger partial charge in [-0.05, 0) is 44.9 Å². The molecule has 0 aromatic carbocycles. The fraction of sp³-hybridized carbons (Fsp3) is 0.833. The fourth-order valence-electron chi connectivity index (χ4n) is 6.60. The molecule has 0 aromatic rings. The van der Waals surface area contributed by atoms with Crippen molar-refractivity contribution in [2.45, 2.75) is 232 Å². The van der Waals surface area contributed by atoms with Gasteiger partial charge < -0.3 is 24.6 Å². The van der Waals surface area contributed by atoms with Crippen LogP contribution in [0.25, 0.3) is 0 Å². The van der Waals surface area contributed by atoms with Crippen LogP contribution < -0.4 is 0 Å². The number of carbonyl (C=O) groups is 2. The molecule has 0 aliphatic carbocycles. The number of ether oxygens (including phenoxy) is 2. The monoisotopic (exact) mass is 857 g/mol. The standard InChI is InChI=1S/C48H89O10P/c1-3-5-7-9-11-13-15-17-19-21-22-24-26-28-30-32-34-36-38-40-48(52)58-46(44-57-59(53,54)56-42-45(50)41-49)43-55-47(51)39-37-35-33-31-29-27-25-23-20-18-16-14-12-10-8-6-4-2/h18,20,25,27,31,33,45-46,49-50H,3-17,19,21-24,26,28-30,32,34-44H2,1-2H3,(H,53,54)/b20-18+,27-25+,33-31+/t45-,46+/m0/s1. The van der Waals surface area contributed by atoms with E-state index >= 15 is 0 Å². The van der Waals surface area contributed by atoms with Crippen LogP contribution >= 0.6 is 7.82 Å². The molecule has 0 fully saturated rings. The average Bonchev–Trinajstić information content (AvgIpc) is 3.22. The second-order valence-corrected chi connectivity index (χ2v) is 17.6. The lowest BCUT2D eigenvalue weighted by molar-refractivity contribution is -0.161. The van der Waals surface area contributed by atoms with Gasteiger partial charge in [0, 0.05) is 12.8 Å². The van der Waals surface area contributed by atoms with Crippen LogP contribution in [-0.4, -0.2) is 65.7 Å². The fourth-order valence-corrected chi connectivity index (χ4v) is 7.39. The zero-order chi connectivity index (χ0) is 43.3. The van der Waals surface area contributed by atoms with Gasteiger partial charge >= 0.3 is 19.8 Å². The second kappa shape index (κ2) is 44.3. The van der Waals surface area contributed by atoms with E-state index in [1.54, 1.807) is 0 Å². The summed E-state index contributed by atoms with van der Waals surface area (Å²) >= 11 is 0. The number of rotatable bonds is 45. The van der Waals surface area contributed by atoms with Crippen molar-refractivity contribution in [3.05, 3.63) is 36.5 Å². The average molecular weight is 857 g/mol. The van der Waals surface area contributed by atoms with Crippen LogP contribution in [0.3, 0.4) is 0 Å². The number of phosphoric acid groups is 1. The quantitative estimate of drug-likeness (QED) is 0.0234. The highest BCUT2D eigenvalue weighted by atomic mass is 31.2. The van der Waals surface area contributed by atoms with E-state index in [2.05, 4.69) is 44.2 Å². The Morgan fingerprint density at radius 2 is 0.898 bits per heavy atom. The van der Waals surface area contributed by atoms with Crippen LogP contribution in [0, 0.1) is 0 Å². The molecule has 0 saturated heterocycles. The van der Waals surface area contributed by atoms with Gasteiger partial charge in [-0.15, -0.1) is 0 Å². The number of unbranched alkanes of at least 4 members (excludes halogenated alkanes) is 25. The molecular weight excluding hydrogens is 767 g/mol. The van der Waals surface area contributed by atoms with Crippen LogP contribution in [0.5, 0.6) is 0 Å². The Morgan fingerprint density at radius 1 is 0.508 bits per heavy atom. The van der Waals surface area contributed by atoms with Gasteiger partial charge in [0.25, 0.3) is 0 Å². The molecule has 10 nitrogen and oxygen atoms in total. The first-order valence-corrected chi connectivity index (χ1v) is 25.4. The van der Waals surface area contributed by atoms with Crippen molar-refractivity contribution in [3.63, 3.8) is 0 Å². The Morgan fingerprint density at radius 3 is 1.37 bits per heavy atom. The number of carbonyl (C=O) groups excluding carboxylic acids is 2. The van der Waals surface area contributed by atoms with Gasteiger partial charge in [-0.2, -0.15) is 0 Å². The van der Waals surface area contributed by atoms with Crippen LogP contribution in [-0.2, 0) is 32.7 Å². The van der Waals surface area contributed by atoms with E-state index in [9.17, 15) is 24.2 Å². The third kappa shape index (κ3) is 44.1. The van der Waals surface area contributed by atoms with E-state index in [4.69, 9.17) is 23.6 Å². The lowest BCUT2D eigenvalue weighted by Gasteiger charge is -2.20. The maximum absolute atomic E-state index is 12.6. The molecule has 1 unspecified atom stereocenters. The molecule has 0 aromatic heterocycles. The van der Waals surface area contributed by atoms with E-state index in [1.807, 2.05) is 6.08 Å². The Balaban J connectivity index is 4.28. The van der Waals surface area contributed by atoms with E-state index in [0.717, 1.165) is 38.5 Å². The van der Waals surface area contributed by atoms with Crippen molar-refractivity contribution in [3.8, 4) is 0 Å². The predicted molar refractivity (Wildman–Crippen MR) is 242 cm³/mol. The number of aliphatic hydroxyl groups is 2. The Hall–Kier alpha value is -1.81. The molecule has 0 rings (SSSR count). The summed E-state index contributed by atoms with van der Waals surface area (Å²) in [6.07, 6.45) is 46.9. The summed E-state index contributed by atoms with van der Waals surface area (Å²) in [5.74, 6) is -0.977. The molecule has 59 heavy (non-hydrogen) atoms. The van der Waals surface area contributed by atoms with Crippen molar-refractivity contribution < 1.29 is 47.8 Å². The third-order valence-electron chi connectivity index (χ3n) is 10.3. The van der Waals surface area contributed by atoms with Crippen LogP contribution in [0.2, 0.25) is 0 Å². The van der Waals surface area contributed by atoms with Gasteiger partial charge in [0.05, 0.1) is 19.8 Å². The highest BCUT2D eigenvalue weighted by molar-refractivity contribution is 7.47. The number of allylic oxidation sites excluding steroid dienone is 6. The van der Waals surface area contributed by atoms with E-state index in [1.165, 1.54) is 135 Å². The van der Waals surface area contributed by atoms with Crippen molar-refractivity contribution in [1.29, 1.82) is 0 Å². The molecule has 0 bridgehead atoms. The van der Waals surface area contributed by atoms with Gasteiger partial charge in [-0.1, -0.05) is 198 Å². The highest BCUT2D eigenvalue weighted by Crippen LogP contribution is 2.43. The van der Waals surface area contributed by atoms with Crippen molar-refractivity contribution in [2.24, 2.45) is 0 Å². The largest absolute Gasteiger partial charge is 0.472 e. The molecular formula is C48H89O10P. The van der Waals surface area contributed by atoms with E-state index < -0.39 is 51.8 Å². The van der Waals surface area contributed by atoms with Crippen LogP contribution in [0.1, 0.15) is 219 Å². The van der Waals surface area contributed by atoms with Gasteiger partial charge in [-0.25, -0.2) is 4.57 Å². The zero-order valence-corrected chi connectivity index (χ0v) is 38.6. The minimum absolute atomic E-state index is 0.172. The molecule has 346 valence electrons. The Kier molecular flexibility index (Phi) is 42.9. The molecule has 0 saturated carbocycles. The van der Waals surface area contributed by atoms with Gasteiger partial charge in [-0.3, -0.25) is 18.6 Å². The number of hydrogen-bond acceptors (Lipinski definition) is 9. The first-order valence-electron chi connectivity index (χ1n) is 23.9. The number of hydrogen-bond donors (Lipinski definition) is 3. The van der Waals surface area contributed by atoms with Crippen molar-refractivity contribution in [2.75, 3.05) is 26.4 Å². The van der Waals surface area contributed by atoms with E-state index in [-0.39, 0.29) is 19.4 Å². The molecule has 0 aliphatic heterocycles. The smallest absolute Gasteiger partial charge is 0.462 e. The molecule has 0 amide bonds. The summed E-state index contributed by atoms with van der Waals surface area (Å²) in [6, 6.07) is 0. The van der Waals surface area contributed by atoms with E-state index in [0.29, 0.717) is 19.3 Å². The topological polar surface area (TPSA) is 149 Å². The molecule has 11 heteroatoms. The maximum Gasteiger partial charge on any atom is 0.472 e. The maximum atomic E-state index is 12.6. The molecule has 3 N–H and O–H groups in total. The normalized spacial score (nSPS) is 14.1. The summed E-state index contributed by atoms with van der Waals surface area (Å²) in [4.78, 5) is 35.1. The highest BCUT2D eigenvalue weighted by Gasteiger charge is 2.27. The minimum atomic E-state index is -4.63. The first kappa shape index (κ1) is 57.2. The molecule has 0 aliphatic rings. The van der Waals surface area contributed by atoms with Gasteiger partial charge in [0.15, 0.2) is 6.10 Å². The third-order valence-corrected chi connectivity index (χ3v) is 11.2. The second-order valence-electron chi connectivity index (χ2n) is 16.1. The van der Waals surface area contributed by atoms with Crippen LogP contribution in [0.4, 0.5) is 0 Å². The van der Waals surface area contributed by atoms with Crippen molar-refractivity contribution >= 4 is 19.8 Å². The summed E-state index contributed by atoms with van der Waals surface area (Å²) < 4.78 is 32.7. The SMILES string of the molecule is CCCCCCCC/C=C/C/C=C/C/C=C/CCCC(=O)OC[C@H](COP(=O)(O)OC[C@@H](O)CO)OC(=O)CCCCCCCCCCCCCCCCCCCCC. The lowest BCUT2D eigenvalue weighted by atomic mass is 10.0. The Labute approximate surface area is 361 Å². The zero-order valence-electron chi connectivity index (χ0n) is 37.7. The summed E-state index contributed by atoms with van der Waals surface area (Å²) in [6.45, 7) is 2.35. The molecule has 0 radical (unpaired) electrons. The number of esters is 2. The first-order chi connectivity index (χ1) is 28.7. The minimum Gasteiger partial charge on any atom is -0.462 e. The molecule has 0 spiro atoms.